The zero-order valence-corrected chi connectivity index (χ0v) is 18.6. The minimum absolute atomic E-state index is 0.114. The number of benzene rings is 2. The van der Waals surface area contributed by atoms with Gasteiger partial charge in [-0.15, -0.1) is 0 Å². The molecule has 1 N–H and O–H groups in total. The zero-order chi connectivity index (χ0) is 23.0. The van der Waals surface area contributed by atoms with Gasteiger partial charge < -0.3 is 9.84 Å². The topological polar surface area (TPSA) is 118 Å². The second-order valence-corrected chi connectivity index (χ2v) is 9.86. The molecule has 1 aliphatic heterocycles. The summed E-state index contributed by atoms with van der Waals surface area (Å²) in [5.41, 5.74) is 1.81. The SMILES string of the molecule is Cc1noc(C2CCN(S(=O)(=O)c3ccc(NC(=O)c4ccc5ncccc5c4)cc3)C2)n1. The number of anilines is 1. The van der Waals surface area contributed by atoms with Gasteiger partial charge in [-0.25, -0.2) is 8.42 Å². The predicted molar refractivity (Wildman–Crippen MR) is 121 cm³/mol. The second-order valence-electron chi connectivity index (χ2n) is 7.92. The largest absolute Gasteiger partial charge is 0.339 e. The Balaban J connectivity index is 1.28. The molecule has 3 heterocycles. The highest BCUT2D eigenvalue weighted by molar-refractivity contribution is 7.89. The Morgan fingerprint density at radius 3 is 2.73 bits per heavy atom. The van der Waals surface area contributed by atoms with E-state index >= 15 is 0 Å². The van der Waals surface area contributed by atoms with Gasteiger partial charge in [0.25, 0.3) is 5.91 Å². The van der Waals surface area contributed by atoms with Crippen LogP contribution in [0.1, 0.15) is 34.4 Å². The summed E-state index contributed by atoms with van der Waals surface area (Å²) >= 11 is 0. The van der Waals surface area contributed by atoms with E-state index in [0.29, 0.717) is 42.5 Å². The molecule has 1 aliphatic rings. The van der Waals surface area contributed by atoms with Gasteiger partial charge in [0, 0.05) is 35.9 Å². The lowest BCUT2D eigenvalue weighted by atomic mass is 10.1. The van der Waals surface area contributed by atoms with E-state index in [4.69, 9.17) is 4.52 Å². The van der Waals surface area contributed by atoms with Gasteiger partial charge in [0.05, 0.1) is 16.3 Å². The zero-order valence-electron chi connectivity index (χ0n) is 17.8. The Bertz CT molecular complexity index is 1430. The molecule has 0 aliphatic carbocycles. The van der Waals surface area contributed by atoms with E-state index in [2.05, 4.69) is 20.4 Å². The summed E-state index contributed by atoms with van der Waals surface area (Å²) in [6.45, 7) is 2.40. The number of rotatable bonds is 5. The molecule has 1 saturated heterocycles. The van der Waals surface area contributed by atoms with Crippen molar-refractivity contribution in [2.45, 2.75) is 24.2 Å². The van der Waals surface area contributed by atoms with Gasteiger partial charge in [0.15, 0.2) is 5.82 Å². The first-order valence-electron chi connectivity index (χ1n) is 10.5. The molecular weight excluding hydrogens is 442 g/mol. The van der Waals surface area contributed by atoms with Gasteiger partial charge in [-0.05, 0) is 61.9 Å². The van der Waals surface area contributed by atoms with Crippen LogP contribution in [0.25, 0.3) is 10.9 Å². The molecule has 2 aromatic carbocycles. The molecule has 168 valence electrons. The third-order valence-electron chi connectivity index (χ3n) is 5.66. The number of carbonyl (C=O) groups excluding carboxylic acids is 1. The van der Waals surface area contributed by atoms with Gasteiger partial charge in [-0.3, -0.25) is 9.78 Å². The van der Waals surface area contributed by atoms with Crippen molar-refractivity contribution < 1.29 is 17.7 Å². The van der Waals surface area contributed by atoms with Crippen LogP contribution in [0, 0.1) is 6.92 Å². The van der Waals surface area contributed by atoms with Crippen LogP contribution >= 0.6 is 0 Å². The van der Waals surface area contributed by atoms with E-state index in [-0.39, 0.29) is 16.7 Å². The van der Waals surface area contributed by atoms with Gasteiger partial charge in [-0.1, -0.05) is 11.2 Å². The Morgan fingerprint density at radius 1 is 1.15 bits per heavy atom. The quantitative estimate of drug-likeness (QED) is 0.482. The van der Waals surface area contributed by atoms with Crippen molar-refractivity contribution >= 4 is 32.5 Å². The lowest BCUT2D eigenvalue weighted by Crippen LogP contribution is -2.28. The fourth-order valence-corrected chi connectivity index (χ4v) is 5.41. The lowest BCUT2D eigenvalue weighted by Gasteiger charge is -2.16. The van der Waals surface area contributed by atoms with Gasteiger partial charge in [0.2, 0.25) is 15.9 Å². The van der Waals surface area contributed by atoms with Crippen molar-refractivity contribution in [1.82, 2.24) is 19.4 Å². The Labute approximate surface area is 190 Å². The Kier molecular flexibility index (Phi) is 5.39. The average Bonchev–Trinajstić information content (AvgIpc) is 3.49. The molecule has 0 radical (unpaired) electrons. The number of sulfonamides is 1. The third-order valence-corrected chi connectivity index (χ3v) is 7.54. The van der Waals surface area contributed by atoms with Crippen LogP contribution in [0.2, 0.25) is 0 Å². The summed E-state index contributed by atoms with van der Waals surface area (Å²) in [6.07, 6.45) is 2.32. The number of hydrogen-bond donors (Lipinski definition) is 1. The number of amides is 1. The van der Waals surface area contributed by atoms with Crippen molar-refractivity contribution in [3.63, 3.8) is 0 Å². The van der Waals surface area contributed by atoms with Crippen LogP contribution in [0.15, 0.2) is 70.2 Å². The molecule has 33 heavy (non-hydrogen) atoms. The van der Waals surface area contributed by atoms with Crippen LogP contribution in [-0.2, 0) is 10.0 Å². The monoisotopic (exact) mass is 463 g/mol. The molecule has 0 saturated carbocycles. The Morgan fingerprint density at radius 2 is 1.97 bits per heavy atom. The minimum atomic E-state index is -3.67. The summed E-state index contributed by atoms with van der Waals surface area (Å²) in [5, 5.41) is 7.46. The number of aromatic nitrogens is 3. The molecular formula is C23H21N5O4S. The maximum Gasteiger partial charge on any atom is 0.255 e. The minimum Gasteiger partial charge on any atom is -0.339 e. The number of nitrogens with one attached hydrogen (secondary N) is 1. The average molecular weight is 464 g/mol. The maximum absolute atomic E-state index is 13.1. The standard InChI is InChI=1S/C23H21N5O4S/c1-15-25-23(32-27-15)18-10-12-28(14-18)33(30,31)20-7-5-19(6-8-20)26-22(29)17-4-9-21-16(13-17)3-2-11-24-21/h2-9,11,13,18H,10,12,14H2,1H3,(H,26,29). The number of pyridine rings is 1. The van der Waals surface area contributed by atoms with Crippen molar-refractivity contribution in [1.29, 1.82) is 0 Å². The molecule has 1 fully saturated rings. The number of carbonyl (C=O) groups is 1. The van der Waals surface area contributed by atoms with Gasteiger partial charge in [-0.2, -0.15) is 9.29 Å². The first-order chi connectivity index (χ1) is 15.9. The van der Waals surface area contributed by atoms with Crippen LogP contribution in [0.5, 0.6) is 0 Å². The highest BCUT2D eigenvalue weighted by Gasteiger charge is 2.35. The number of nitrogens with zero attached hydrogens (tertiary/aromatic N) is 4. The molecule has 0 bridgehead atoms. The Hall–Kier alpha value is -3.63. The number of fused-ring (bicyclic) bond motifs is 1. The highest BCUT2D eigenvalue weighted by atomic mass is 32.2. The normalized spacial score (nSPS) is 16.8. The van der Waals surface area contributed by atoms with Crippen molar-refractivity contribution in [2.24, 2.45) is 0 Å². The summed E-state index contributed by atoms with van der Waals surface area (Å²) in [4.78, 5) is 21.3. The van der Waals surface area contributed by atoms with E-state index < -0.39 is 10.0 Å². The van der Waals surface area contributed by atoms with E-state index in [1.807, 2.05) is 12.1 Å². The lowest BCUT2D eigenvalue weighted by molar-refractivity contribution is 0.102. The summed E-state index contributed by atoms with van der Waals surface area (Å²) in [6, 6.07) is 15.1. The number of aryl methyl sites for hydroxylation is 1. The molecule has 4 aromatic rings. The maximum atomic E-state index is 13.1. The van der Waals surface area contributed by atoms with E-state index in [1.54, 1.807) is 43.5 Å². The van der Waals surface area contributed by atoms with E-state index in [1.165, 1.54) is 16.4 Å². The molecule has 9 nitrogen and oxygen atoms in total. The first kappa shape index (κ1) is 21.2. The van der Waals surface area contributed by atoms with Crippen LogP contribution in [0.3, 0.4) is 0 Å². The summed E-state index contributed by atoms with van der Waals surface area (Å²) in [5.74, 6) is 0.599. The van der Waals surface area contributed by atoms with Crippen molar-refractivity contribution in [3.8, 4) is 0 Å². The predicted octanol–water partition coefficient (Wildman–Crippen LogP) is 3.36. The number of hydrogen-bond acceptors (Lipinski definition) is 7. The molecule has 1 unspecified atom stereocenters. The molecule has 5 rings (SSSR count). The fraction of sp³-hybridized carbons (Fsp3) is 0.217. The van der Waals surface area contributed by atoms with E-state index in [0.717, 1.165) is 10.9 Å². The van der Waals surface area contributed by atoms with Crippen LogP contribution in [0.4, 0.5) is 5.69 Å². The molecule has 1 amide bonds. The smallest absolute Gasteiger partial charge is 0.255 e. The second kappa shape index (κ2) is 8.38. The highest BCUT2D eigenvalue weighted by Crippen LogP contribution is 2.30. The van der Waals surface area contributed by atoms with Crippen LogP contribution < -0.4 is 5.32 Å². The fourth-order valence-electron chi connectivity index (χ4n) is 3.91. The summed E-state index contributed by atoms with van der Waals surface area (Å²) < 4.78 is 32.7. The van der Waals surface area contributed by atoms with Crippen LogP contribution in [-0.4, -0.2) is 46.8 Å². The molecule has 0 spiro atoms. The van der Waals surface area contributed by atoms with E-state index in [9.17, 15) is 13.2 Å². The molecule has 10 heteroatoms. The first-order valence-corrected chi connectivity index (χ1v) is 11.9. The van der Waals surface area contributed by atoms with Gasteiger partial charge in [0.1, 0.15) is 0 Å². The molecule has 1 atom stereocenters. The molecule has 2 aromatic heterocycles. The van der Waals surface area contributed by atoms with Gasteiger partial charge >= 0.3 is 0 Å². The van der Waals surface area contributed by atoms with Crippen molar-refractivity contribution in [2.75, 3.05) is 18.4 Å². The third kappa shape index (κ3) is 4.22. The van der Waals surface area contributed by atoms with Crippen molar-refractivity contribution in [3.05, 3.63) is 78.1 Å². The summed E-state index contributed by atoms with van der Waals surface area (Å²) in [7, 11) is -3.67.